The summed E-state index contributed by atoms with van der Waals surface area (Å²) in [7, 11) is -3.40. The fourth-order valence-electron chi connectivity index (χ4n) is 1.47. The Morgan fingerprint density at radius 2 is 1.81 bits per heavy atom. The molecule has 90 valence electrons. The SMILES string of the molecule is CC(C)C(NS(=O)(=O)CCl)c1ccccc1. The van der Waals surface area contributed by atoms with E-state index in [2.05, 4.69) is 4.72 Å². The van der Waals surface area contributed by atoms with Gasteiger partial charge < -0.3 is 0 Å². The zero-order valence-corrected chi connectivity index (χ0v) is 10.9. The van der Waals surface area contributed by atoms with E-state index in [9.17, 15) is 8.42 Å². The standard InChI is InChI=1S/C11H16ClNO2S/c1-9(2)11(13-16(14,15)8-12)10-6-4-3-5-7-10/h3-7,9,11,13H,8H2,1-2H3. The largest absolute Gasteiger partial charge is 0.226 e. The van der Waals surface area contributed by atoms with E-state index in [4.69, 9.17) is 11.6 Å². The predicted molar refractivity (Wildman–Crippen MR) is 66.8 cm³/mol. The number of rotatable bonds is 5. The minimum atomic E-state index is -3.40. The van der Waals surface area contributed by atoms with Crippen molar-refractivity contribution in [3.8, 4) is 0 Å². The van der Waals surface area contributed by atoms with Crippen LogP contribution < -0.4 is 4.72 Å². The Bertz CT molecular complexity index is 417. The maximum absolute atomic E-state index is 11.4. The topological polar surface area (TPSA) is 46.2 Å². The van der Waals surface area contributed by atoms with Gasteiger partial charge in [0.2, 0.25) is 10.0 Å². The number of nitrogens with one attached hydrogen (secondary N) is 1. The Hall–Kier alpha value is -0.580. The number of hydrogen-bond acceptors (Lipinski definition) is 2. The summed E-state index contributed by atoms with van der Waals surface area (Å²) in [4.78, 5) is 0. The quantitative estimate of drug-likeness (QED) is 0.828. The third-order valence-electron chi connectivity index (χ3n) is 2.28. The fourth-order valence-corrected chi connectivity index (χ4v) is 2.52. The second kappa shape index (κ2) is 5.66. The first-order valence-corrected chi connectivity index (χ1v) is 7.26. The van der Waals surface area contributed by atoms with E-state index in [1.54, 1.807) is 0 Å². The van der Waals surface area contributed by atoms with Crippen molar-refractivity contribution in [2.45, 2.75) is 19.9 Å². The summed E-state index contributed by atoms with van der Waals surface area (Å²) in [6.45, 7) is 3.93. The van der Waals surface area contributed by atoms with Crippen LogP contribution in [-0.4, -0.2) is 13.6 Å². The molecule has 0 amide bonds. The van der Waals surface area contributed by atoms with Crippen molar-refractivity contribution in [3.05, 3.63) is 35.9 Å². The van der Waals surface area contributed by atoms with E-state index in [1.165, 1.54) is 0 Å². The van der Waals surface area contributed by atoms with Crippen LogP contribution in [0, 0.1) is 5.92 Å². The summed E-state index contributed by atoms with van der Waals surface area (Å²) in [6.07, 6.45) is 0. The number of alkyl halides is 1. The number of sulfonamides is 1. The maximum atomic E-state index is 11.4. The van der Waals surface area contributed by atoms with Gasteiger partial charge in [-0.2, -0.15) is 0 Å². The molecule has 0 aromatic heterocycles. The smallest absolute Gasteiger partial charge is 0.211 e. The van der Waals surface area contributed by atoms with Crippen LogP contribution in [0.5, 0.6) is 0 Å². The highest BCUT2D eigenvalue weighted by Gasteiger charge is 2.21. The van der Waals surface area contributed by atoms with Gasteiger partial charge in [-0.3, -0.25) is 0 Å². The Morgan fingerprint density at radius 3 is 2.25 bits per heavy atom. The van der Waals surface area contributed by atoms with Crippen molar-refractivity contribution in [1.82, 2.24) is 4.72 Å². The lowest BCUT2D eigenvalue weighted by molar-refractivity contribution is 0.464. The molecule has 0 aliphatic carbocycles. The molecule has 5 heteroatoms. The Balaban J connectivity index is 2.94. The molecule has 1 aromatic carbocycles. The van der Waals surface area contributed by atoms with Crippen LogP contribution in [0.2, 0.25) is 0 Å². The Labute approximate surface area is 102 Å². The van der Waals surface area contributed by atoms with E-state index in [-0.39, 0.29) is 12.0 Å². The van der Waals surface area contributed by atoms with Crippen molar-refractivity contribution in [2.24, 2.45) is 5.92 Å². The molecule has 1 rings (SSSR count). The van der Waals surface area contributed by atoms with Crippen LogP contribution in [0.25, 0.3) is 0 Å². The summed E-state index contributed by atoms with van der Waals surface area (Å²) in [5.41, 5.74) is 0.950. The molecule has 3 nitrogen and oxygen atoms in total. The number of halogens is 1. The summed E-state index contributed by atoms with van der Waals surface area (Å²) in [5, 5.41) is -0.414. The first kappa shape index (κ1) is 13.5. The second-order valence-electron chi connectivity index (χ2n) is 3.97. The molecular weight excluding hydrogens is 246 g/mol. The fraction of sp³-hybridized carbons (Fsp3) is 0.455. The van der Waals surface area contributed by atoms with Crippen molar-refractivity contribution >= 4 is 21.6 Å². The highest BCUT2D eigenvalue weighted by molar-refractivity contribution is 7.90. The molecule has 0 fully saturated rings. The normalized spacial score (nSPS) is 14.0. The zero-order chi connectivity index (χ0) is 12.2. The van der Waals surface area contributed by atoms with Gasteiger partial charge in [-0.1, -0.05) is 44.2 Å². The van der Waals surface area contributed by atoms with Crippen LogP contribution in [0.15, 0.2) is 30.3 Å². The maximum Gasteiger partial charge on any atom is 0.226 e. The van der Waals surface area contributed by atoms with Crippen LogP contribution in [0.3, 0.4) is 0 Å². The summed E-state index contributed by atoms with van der Waals surface area (Å²) < 4.78 is 25.5. The van der Waals surface area contributed by atoms with Crippen molar-refractivity contribution in [1.29, 1.82) is 0 Å². The van der Waals surface area contributed by atoms with Gasteiger partial charge in [0, 0.05) is 6.04 Å². The minimum absolute atomic E-state index is 0.167. The first-order valence-electron chi connectivity index (χ1n) is 5.07. The van der Waals surface area contributed by atoms with Crippen molar-refractivity contribution in [3.63, 3.8) is 0 Å². The van der Waals surface area contributed by atoms with Crippen LogP contribution in [-0.2, 0) is 10.0 Å². The van der Waals surface area contributed by atoms with Gasteiger partial charge in [-0.25, -0.2) is 13.1 Å². The minimum Gasteiger partial charge on any atom is -0.211 e. The molecule has 0 aliphatic rings. The first-order chi connectivity index (χ1) is 7.46. The summed E-state index contributed by atoms with van der Waals surface area (Å²) in [6, 6.07) is 9.25. The molecule has 0 aliphatic heterocycles. The van der Waals surface area contributed by atoms with E-state index < -0.39 is 15.2 Å². The number of hydrogen-bond donors (Lipinski definition) is 1. The van der Waals surface area contributed by atoms with Gasteiger partial charge in [-0.05, 0) is 11.5 Å². The summed E-state index contributed by atoms with van der Waals surface area (Å²) in [5.74, 6) is 0.167. The lowest BCUT2D eigenvalue weighted by Crippen LogP contribution is -2.32. The molecule has 16 heavy (non-hydrogen) atoms. The monoisotopic (exact) mass is 261 g/mol. The van der Waals surface area contributed by atoms with E-state index in [0.717, 1.165) is 5.56 Å². The predicted octanol–water partition coefficient (Wildman–Crippen LogP) is 2.50. The highest BCUT2D eigenvalue weighted by Crippen LogP contribution is 2.22. The average molecular weight is 262 g/mol. The van der Waals surface area contributed by atoms with E-state index >= 15 is 0 Å². The molecule has 0 saturated heterocycles. The third kappa shape index (κ3) is 3.77. The molecule has 1 N–H and O–H groups in total. The third-order valence-corrected chi connectivity index (χ3v) is 4.04. The van der Waals surface area contributed by atoms with Crippen LogP contribution >= 0.6 is 11.6 Å². The van der Waals surface area contributed by atoms with Crippen LogP contribution in [0.1, 0.15) is 25.5 Å². The highest BCUT2D eigenvalue weighted by atomic mass is 35.5. The number of benzene rings is 1. The average Bonchev–Trinajstić information content (AvgIpc) is 2.27. The summed E-state index contributed by atoms with van der Waals surface area (Å²) >= 11 is 5.38. The van der Waals surface area contributed by atoms with Gasteiger partial charge in [0.25, 0.3) is 0 Å². The second-order valence-corrected chi connectivity index (χ2v) is 6.31. The molecule has 1 atom stereocenters. The molecule has 0 spiro atoms. The Morgan fingerprint density at radius 1 is 1.25 bits per heavy atom. The van der Waals surface area contributed by atoms with Crippen LogP contribution in [0.4, 0.5) is 0 Å². The molecule has 1 unspecified atom stereocenters. The molecule has 0 radical (unpaired) electrons. The molecule has 0 saturated carbocycles. The molecule has 0 bridgehead atoms. The zero-order valence-electron chi connectivity index (χ0n) is 9.35. The van der Waals surface area contributed by atoms with Gasteiger partial charge in [-0.15, -0.1) is 11.6 Å². The van der Waals surface area contributed by atoms with Gasteiger partial charge in [0.1, 0.15) is 5.21 Å². The molecule has 0 heterocycles. The van der Waals surface area contributed by atoms with Gasteiger partial charge >= 0.3 is 0 Å². The molecule has 1 aromatic rings. The van der Waals surface area contributed by atoms with Crippen molar-refractivity contribution in [2.75, 3.05) is 5.21 Å². The van der Waals surface area contributed by atoms with Gasteiger partial charge in [0.15, 0.2) is 0 Å². The van der Waals surface area contributed by atoms with E-state index in [0.29, 0.717) is 0 Å². The molecular formula is C11H16ClNO2S. The lowest BCUT2D eigenvalue weighted by Gasteiger charge is -2.22. The van der Waals surface area contributed by atoms with E-state index in [1.807, 2.05) is 44.2 Å². The van der Waals surface area contributed by atoms with Gasteiger partial charge in [0.05, 0.1) is 0 Å². The van der Waals surface area contributed by atoms with Crippen molar-refractivity contribution < 1.29 is 8.42 Å². The Kier molecular flexibility index (Phi) is 4.77. The lowest BCUT2D eigenvalue weighted by atomic mass is 9.97.